The number of hydrogen-bond acceptors (Lipinski definition) is 1. The van der Waals surface area contributed by atoms with Crippen molar-refractivity contribution in [1.29, 1.82) is 0 Å². The van der Waals surface area contributed by atoms with E-state index in [0.717, 1.165) is 0 Å². The normalized spacial score (nSPS) is 10.3. The molecule has 0 aliphatic carbocycles. The molecule has 5 heteroatoms. The van der Waals surface area contributed by atoms with Crippen molar-refractivity contribution in [2.75, 3.05) is 5.32 Å². The van der Waals surface area contributed by atoms with Gasteiger partial charge in [0.25, 0.3) is 5.91 Å². The van der Waals surface area contributed by atoms with Crippen molar-refractivity contribution in [3.63, 3.8) is 0 Å². The number of carbonyl (C=O) groups is 1. The average Bonchev–Trinajstić information content (AvgIpc) is 2.63. The molecule has 0 bridgehead atoms. The zero-order chi connectivity index (χ0) is 12.4. The lowest BCUT2D eigenvalue weighted by Gasteiger charge is -2.05. The third kappa shape index (κ3) is 3.02. The van der Waals surface area contributed by atoms with E-state index < -0.39 is 0 Å². The number of hydrogen-bond donors (Lipinski definition) is 1. The highest BCUT2D eigenvalue weighted by atomic mass is 35.5. The number of carbonyl (C=O) groups excluding carboxylic acids is 1. The van der Waals surface area contributed by atoms with Crippen LogP contribution in [0.5, 0.6) is 0 Å². The summed E-state index contributed by atoms with van der Waals surface area (Å²) in [5, 5.41) is 3.71. The summed E-state index contributed by atoms with van der Waals surface area (Å²) in [6, 6.07) is 6.64. The second kappa shape index (κ2) is 4.82. The maximum atomic E-state index is 11.8. The zero-order valence-corrected chi connectivity index (χ0v) is 10.6. The molecule has 0 saturated carbocycles. The minimum Gasteiger partial charge on any atom is -0.356 e. The summed E-state index contributed by atoms with van der Waals surface area (Å²) in [5.74, 6) is -0.191. The van der Waals surface area contributed by atoms with Crippen LogP contribution in [-0.4, -0.2) is 10.5 Å². The standard InChI is InChI=1S/C12H10Cl2N2O/c1-16-3-2-8(7-16)12(17)15-11-5-9(13)4-10(14)6-11/h2-7H,1H3,(H,15,17). The first-order valence-electron chi connectivity index (χ1n) is 4.94. The Labute approximate surface area is 109 Å². The zero-order valence-electron chi connectivity index (χ0n) is 9.08. The second-order valence-electron chi connectivity index (χ2n) is 3.68. The van der Waals surface area contributed by atoms with Crippen LogP contribution in [0.4, 0.5) is 5.69 Å². The quantitative estimate of drug-likeness (QED) is 0.888. The Bertz CT molecular complexity index is 543. The van der Waals surface area contributed by atoms with Gasteiger partial charge in [0.15, 0.2) is 0 Å². The predicted octanol–water partition coefficient (Wildman–Crippen LogP) is 3.58. The van der Waals surface area contributed by atoms with Crippen molar-refractivity contribution in [3.8, 4) is 0 Å². The van der Waals surface area contributed by atoms with Crippen LogP contribution in [-0.2, 0) is 7.05 Å². The molecule has 88 valence electrons. The Hall–Kier alpha value is -1.45. The highest BCUT2D eigenvalue weighted by Crippen LogP contribution is 2.22. The molecule has 1 amide bonds. The van der Waals surface area contributed by atoms with Gasteiger partial charge < -0.3 is 9.88 Å². The van der Waals surface area contributed by atoms with E-state index in [9.17, 15) is 4.79 Å². The van der Waals surface area contributed by atoms with E-state index in [1.165, 1.54) is 0 Å². The number of nitrogens with one attached hydrogen (secondary N) is 1. The van der Waals surface area contributed by atoms with Gasteiger partial charge in [-0.05, 0) is 24.3 Å². The molecular formula is C12H10Cl2N2O. The lowest BCUT2D eigenvalue weighted by atomic mass is 10.3. The molecule has 2 rings (SSSR count). The van der Waals surface area contributed by atoms with Gasteiger partial charge in [0.1, 0.15) is 0 Å². The summed E-state index contributed by atoms with van der Waals surface area (Å²) in [7, 11) is 1.85. The fourth-order valence-corrected chi connectivity index (χ4v) is 1.99. The van der Waals surface area contributed by atoms with Crippen LogP contribution < -0.4 is 5.32 Å². The molecular weight excluding hydrogens is 259 g/mol. The van der Waals surface area contributed by atoms with Crippen LogP contribution in [0.3, 0.4) is 0 Å². The molecule has 3 nitrogen and oxygen atoms in total. The smallest absolute Gasteiger partial charge is 0.257 e. The van der Waals surface area contributed by atoms with Gasteiger partial charge in [-0.3, -0.25) is 4.79 Å². The summed E-state index contributed by atoms with van der Waals surface area (Å²) in [6.45, 7) is 0. The summed E-state index contributed by atoms with van der Waals surface area (Å²) in [5.41, 5.74) is 1.17. The monoisotopic (exact) mass is 268 g/mol. The predicted molar refractivity (Wildman–Crippen MR) is 69.8 cm³/mol. The molecule has 0 fully saturated rings. The first kappa shape index (κ1) is 12.0. The molecule has 0 spiro atoms. The van der Waals surface area contributed by atoms with Crippen LogP contribution in [0.1, 0.15) is 10.4 Å². The molecule has 0 aliphatic heterocycles. The first-order chi connectivity index (χ1) is 8.04. The number of aromatic nitrogens is 1. The third-order valence-corrected chi connectivity index (χ3v) is 2.65. The molecule has 1 aromatic heterocycles. The maximum absolute atomic E-state index is 11.8. The van der Waals surface area contributed by atoms with Gasteiger partial charge in [-0.2, -0.15) is 0 Å². The van der Waals surface area contributed by atoms with E-state index in [2.05, 4.69) is 5.32 Å². The fraction of sp³-hybridized carbons (Fsp3) is 0.0833. The molecule has 0 radical (unpaired) electrons. The lowest BCUT2D eigenvalue weighted by molar-refractivity contribution is 0.102. The Morgan fingerprint density at radius 1 is 1.24 bits per heavy atom. The number of aryl methyl sites for hydroxylation is 1. The van der Waals surface area contributed by atoms with Crippen molar-refractivity contribution >= 4 is 34.8 Å². The van der Waals surface area contributed by atoms with Crippen LogP contribution in [0.2, 0.25) is 10.0 Å². The molecule has 0 saturated heterocycles. The number of amides is 1. The number of anilines is 1. The summed E-state index contributed by atoms with van der Waals surface area (Å²) >= 11 is 11.7. The second-order valence-corrected chi connectivity index (χ2v) is 4.55. The van der Waals surface area contributed by atoms with Crippen LogP contribution in [0, 0.1) is 0 Å². The maximum Gasteiger partial charge on any atom is 0.257 e. The Morgan fingerprint density at radius 3 is 2.41 bits per heavy atom. The summed E-state index contributed by atoms with van der Waals surface area (Å²) < 4.78 is 1.81. The topological polar surface area (TPSA) is 34.0 Å². The van der Waals surface area contributed by atoms with E-state index >= 15 is 0 Å². The highest BCUT2D eigenvalue weighted by molar-refractivity contribution is 6.35. The lowest BCUT2D eigenvalue weighted by Crippen LogP contribution is -2.11. The van der Waals surface area contributed by atoms with E-state index in [1.807, 2.05) is 7.05 Å². The minimum atomic E-state index is -0.191. The Balaban J connectivity index is 2.18. The third-order valence-electron chi connectivity index (χ3n) is 2.21. The van der Waals surface area contributed by atoms with Crippen molar-refractivity contribution in [2.24, 2.45) is 7.05 Å². The van der Waals surface area contributed by atoms with Crippen LogP contribution >= 0.6 is 23.2 Å². The van der Waals surface area contributed by atoms with Crippen molar-refractivity contribution < 1.29 is 4.79 Å². The first-order valence-corrected chi connectivity index (χ1v) is 5.69. The Morgan fingerprint density at radius 2 is 1.88 bits per heavy atom. The van der Waals surface area contributed by atoms with E-state index in [4.69, 9.17) is 23.2 Å². The molecule has 0 atom stereocenters. The molecule has 1 N–H and O–H groups in total. The molecule has 17 heavy (non-hydrogen) atoms. The SMILES string of the molecule is Cn1ccc(C(=O)Nc2cc(Cl)cc(Cl)c2)c1. The summed E-state index contributed by atoms with van der Waals surface area (Å²) in [4.78, 5) is 11.8. The number of nitrogens with zero attached hydrogens (tertiary/aromatic N) is 1. The van der Waals surface area contributed by atoms with Gasteiger partial charge in [-0.25, -0.2) is 0 Å². The number of rotatable bonds is 2. The van der Waals surface area contributed by atoms with Gasteiger partial charge in [0.05, 0.1) is 5.56 Å². The fourth-order valence-electron chi connectivity index (χ4n) is 1.47. The van der Waals surface area contributed by atoms with Gasteiger partial charge in [0.2, 0.25) is 0 Å². The molecule has 1 heterocycles. The van der Waals surface area contributed by atoms with Gasteiger partial charge in [-0.15, -0.1) is 0 Å². The van der Waals surface area contributed by atoms with Gasteiger partial charge in [-0.1, -0.05) is 23.2 Å². The van der Waals surface area contributed by atoms with E-state index in [0.29, 0.717) is 21.3 Å². The number of halogens is 2. The van der Waals surface area contributed by atoms with E-state index in [-0.39, 0.29) is 5.91 Å². The van der Waals surface area contributed by atoms with E-state index in [1.54, 1.807) is 41.2 Å². The van der Waals surface area contributed by atoms with Crippen molar-refractivity contribution in [2.45, 2.75) is 0 Å². The van der Waals surface area contributed by atoms with Crippen LogP contribution in [0.15, 0.2) is 36.7 Å². The average molecular weight is 269 g/mol. The largest absolute Gasteiger partial charge is 0.356 e. The van der Waals surface area contributed by atoms with Gasteiger partial charge in [0, 0.05) is 35.2 Å². The van der Waals surface area contributed by atoms with Crippen molar-refractivity contribution in [1.82, 2.24) is 4.57 Å². The molecule has 1 aromatic carbocycles. The molecule has 0 unspecified atom stereocenters. The number of benzene rings is 1. The molecule has 2 aromatic rings. The minimum absolute atomic E-state index is 0.191. The Kier molecular flexibility index (Phi) is 3.41. The molecule has 0 aliphatic rings. The van der Waals surface area contributed by atoms with Crippen LogP contribution in [0.25, 0.3) is 0 Å². The highest BCUT2D eigenvalue weighted by Gasteiger charge is 2.07. The van der Waals surface area contributed by atoms with Gasteiger partial charge >= 0.3 is 0 Å². The van der Waals surface area contributed by atoms with Crippen molar-refractivity contribution in [3.05, 3.63) is 52.3 Å². The summed E-state index contributed by atoms with van der Waals surface area (Å²) in [6.07, 6.45) is 3.54.